The average Bonchev–Trinajstić information content (AvgIpc) is 2.84. The van der Waals surface area contributed by atoms with E-state index in [0.717, 1.165) is 12.0 Å². The van der Waals surface area contributed by atoms with Crippen molar-refractivity contribution >= 4 is 0 Å². The molecular weight excluding hydrogens is 220 g/mol. The van der Waals surface area contributed by atoms with Crippen LogP contribution in [-0.2, 0) is 0 Å². The van der Waals surface area contributed by atoms with Gasteiger partial charge < -0.3 is 5.32 Å². The number of rotatable bonds is 2. The Morgan fingerprint density at radius 1 is 1.06 bits per heavy atom. The molecule has 0 aromatic heterocycles. The van der Waals surface area contributed by atoms with Gasteiger partial charge in [0.25, 0.3) is 0 Å². The van der Waals surface area contributed by atoms with Crippen molar-refractivity contribution in [1.82, 2.24) is 10.2 Å². The third-order valence-electron chi connectivity index (χ3n) is 5.68. The van der Waals surface area contributed by atoms with Gasteiger partial charge >= 0.3 is 0 Å². The highest BCUT2D eigenvalue weighted by Crippen LogP contribution is 2.34. The van der Waals surface area contributed by atoms with Gasteiger partial charge in [0, 0.05) is 31.2 Å². The first-order valence-corrected chi connectivity index (χ1v) is 8.27. The van der Waals surface area contributed by atoms with Crippen LogP contribution in [-0.4, -0.2) is 36.1 Å². The molecule has 3 rings (SSSR count). The normalized spacial score (nSPS) is 34.2. The summed E-state index contributed by atoms with van der Waals surface area (Å²) in [6, 6.07) is 0.748. The van der Waals surface area contributed by atoms with Crippen molar-refractivity contribution in [2.75, 3.05) is 19.6 Å². The van der Waals surface area contributed by atoms with Gasteiger partial charge in [0.05, 0.1) is 0 Å². The van der Waals surface area contributed by atoms with E-state index in [1.807, 2.05) is 0 Å². The van der Waals surface area contributed by atoms with Crippen molar-refractivity contribution in [3.63, 3.8) is 0 Å². The fraction of sp³-hybridized carbons (Fsp3) is 1.00. The minimum atomic E-state index is 0.501. The quantitative estimate of drug-likeness (QED) is 0.810. The number of hydrogen-bond donors (Lipinski definition) is 1. The van der Waals surface area contributed by atoms with Crippen LogP contribution >= 0.6 is 0 Å². The molecule has 2 heteroatoms. The molecule has 0 bridgehead atoms. The third-order valence-corrected chi connectivity index (χ3v) is 5.68. The molecule has 1 N–H and O–H groups in total. The topological polar surface area (TPSA) is 15.3 Å². The van der Waals surface area contributed by atoms with Crippen LogP contribution in [0.15, 0.2) is 0 Å². The highest BCUT2D eigenvalue weighted by atomic mass is 15.3. The second-order valence-corrected chi connectivity index (χ2v) is 7.15. The van der Waals surface area contributed by atoms with Crippen LogP contribution in [0, 0.1) is 5.92 Å². The molecule has 1 saturated heterocycles. The van der Waals surface area contributed by atoms with Gasteiger partial charge in [-0.3, -0.25) is 4.90 Å². The van der Waals surface area contributed by atoms with E-state index in [1.165, 1.54) is 77.4 Å². The second-order valence-electron chi connectivity index (χ2n) is 7.15. The molecule has 1 unspecified atom stereocenters. The summed E-state index contributed by atoms with van der Waals surface area (Å²) < 4.78 is 0. The van der Waals surface area contributed by atoms with Crippen LogP contribution in [0.25, 0.3) is 0 Å². The Morgan fingerprint density at radius 3 is 2.50 bits per heavy atom. The zero-order valence-electron chi connectivity index (χ0n) is 12.1. The maximum Gasteiger partial charge on any atom is 0.0309 e. The van der Waals surface area contributed by atoms with Crippen molar-refractivity contribution in [2.24, 2.45) is 5.92 Å². The summed E-state index contributed by atoms with van der Waals surface area (Å²) in [4.78, 5) is 2.82. The van der Waals surface area contributed by atoms with Gasteiger partial charge in [-0.05, 0) is 38.5 Å². The van der Waals surface area contributed by atoms with E-state index in [4.69, 9.17) is 0 Å². The molecule has 2 nitrogen and oxygen atoms in total. The molecule has 0 aromatic rings. The summed E-state index contributed by atoms with van der Waals surface area (Å²) in [6.45, 7) is 6.33. The summed E-state index contributed by atoms with van der Waals surface area (Å²) in [5.41, 5.74) is 0.501. The van der Waals surface area contributed by atoms with Gasteiger partial charge in [-0.2, -0.15) is 0 Å². The SMILES string of the molecule is CC1CNC2(CCCC2)CN1CC1CCCCC1. The second kappa shape index (κ2) is 5.50. The fourth-order valence-corrected chi connectivity index (χ4v) is 4.43. The van der Waals surface area contributed by atoms with Crippen LogP contribution in [0.4, 0.5) is 0 Å². The maximum absolute atomic E-state index is 3.87. The van der Waals surface area contributed by atoms with Gasteiger partial charge in [-0.1, -0.05) is 32.1 Å². The standard InChI is InChI=1S/C16H30N2/c1-14-11-17-16(9-5-6-10-16)13-18(14)12-15-7-3-2-4-8-15/h14-15,17H,2-13H2,1H3. The number of piperazine rings is 1. The van der Waals surface area contributed by atoms with Crippen molar-refractivity contribution < 1.29 is 0 Å². The minimum Gasteiger partial charge on any atom is -0.308 e. The Balaban J connectivity index is 1.58. The summed E-state index contributed by atoms with van der Waals surface area (Å²) in [6.07, 6.45) is 13.1. The van der Waals surface area contributed by atoms with Gasteiger partial charge in [0.2, 0.25) is 0 Å². The van der Waals surface area contributed by atoms with E-state index in [1.54, 1.807) is 0 Å². The van der Waals surface area contributed by atoms with Crippen LogP contribution in [0.3, 0.4) is 0 Å². The van der Waals surface area contributed by atoms with E-state index >= 15 is 0 Å². The van der Waals surface area contributed by atoms with Crippen molar-refractivity contribution in [3.8, 4) is 0 Å². The first kappa shape index (κ1) is 12.9. The van der Waals surface area contributed by atoms with Gasteiger partial charge in [0.15, 0.2) is 0 Å². The van der Waals surface area contributed by atoms with Gasteiger partial charge in [-0.15, -0.1) is 0 Å². The average molecular weight is 250 g/mol. The van der Waals surface area contributed by atoms with Crippen molar-refractivity contribution in [3.05, 3.63) is 0 Å². The number of hydrogen-bond acceptors (Lipinski definition) is 2. The van der Waals surface area contributed by atoms with Crippen LogP contribution in [0.5, 0.6) is 0 Å². The Morgan fingerprint density at radius 2 is 1.78 bits per heavy atom. The van der Waals surface area contributed by atoms with Gasteiger partial charge in [-0.25, -0.2) is 0 Å². The molecule has 18 heavy (non-hydrogen) atoms. The molecule has 1 atom stereocenters. The smallest absolute Gasteiger partial charge is 0.0309 e. The van der Waals surface area contributed by atoms with Crippen molar-refractivity contribution in [1.29, 1.82) is 0 Å². The fourth-order valence-electron chi connectivity index (χ4n) is 4.43. The number of nitrogens with zero attached hydrogens (tertiary/aromatic N) is 1. The molecule has 0 aromatic carbocycles. The summed E-state index contributed by atoms with van der Waals surface area (Å²) >= 11 is 0. The monoisotopic (exact) mass is 250 g/mol. The Kier molecular flexibility index (Phi) is 3.95. The third kappa shape index (κ3) is 2.75. The maximum atomic E-state index is 3.87. The summed E-state index contributed by atoms with van der Waals surface area (Å²) in [5, 5.41) is 3.87. The molecular formula is C16H30N2. The van der Waals surface area contributed by atoms with Crippen LogP contribution in [0.2, 0.25) is 0 Å². The van der Waals surface area contributed by atoms with E-state index in [2.05, 4.69) is 17.1 Å². The molecule has 0 radical (unpaired) electrons. The molecule has 2 saturated carbocycles. The highest BCUT2D eigenvalue weighted by Gasteiger charge is 2.40. The largest absolute Gasteiger partial charge is 0.308 e. The first-order chi connectivity index (χ1) is 8.77. The molecule has 1 aliphatic heterocycles. The van der Waals surface area contributed by atoms with E-state index in [9.17, 15) is 0 Å². The molecule has 1 spiro atoms. The van der Waals surface area contributed by atoms with Gasteiger partial charge in [0.1, 0.15) is 0 Å². The summed E-state index contributed by atoms with van der Waals surface area (Å²) in [5.74, 6) is 0.998. The molecule has 3 aliphatic rings. The van der Waals surface area contributed by atoms with Crippen LogP contribution < -0.4 is 5.32 Å². The lowest BCUT2D eigenvalue weighted by molar-refractivity contribution is 0.0677. The lowest BCUT2D eigenvalue weighted by Gasteiger charge is -2.46. The zero-order chi connectivity index (χ0) is 12.4. The Bertz CT molecular complexity index is 264. The van der Waals surface area contributed by atoms with Crippen molar-refractivity contribution in [2.45, 2.75) is 76.3 Å². The van der Waals surface area contributed by atoms with Crippen LogP contribution in [0.1, 0.15) is 64.7 Å². The molecule has 2 aliphatic carbocycles. The molecule has 104 valence electrons. The predicted octanol–water partition coefficient (Wildman–Crippen LogP) is 3.17. The lowest BCUT2D eigenvalue weighted by Crippen LogP contribution is -2.63. The molecule has 0 amide bonds. The highest BCUT2D eigenvalue weighted by molar-refractivity contribution is 5.00. The molecule has 1 heterocycles. The Labute approximate surface area is 113 Å². The van der Waals surface area contributed by atoms with E-state index < -0.39 is 0 Å². The predicted molar refractivity (Wildman–Crippen MR) is 76.8 cm³/mol. The number of nitrogens with one attached hydrogen (secondary N) is 1. The van der Waals surface area contributed by atoms with E-state index in [0.29, 0.717) is 5.54 Å². The van der Waals surface area contributed by atoms with E-state index in [-0.39, 0.29) is 0 Å². The zero-order valence-corrected chi connectivity index (χ0v) is 12.1. The Hall–Kier alpha value is -0.0800. The lowest BCUT2D eigenvalue weighted by atomic mass is 9.86. The minimum absolute atomic E-state index is 0.501. The molecule has 3 fully saturated rings. The summed E-state index contributed by atoms with van der Waals surface area (Å²) in [7, 11) is 0. The first-order valence-electron chi connectivity index (χ1n) is 8.27.